The van der Waals surface area contributed by atoms with Crippen molar-refractivity contribution >= 4 is 17.4 Å². The molecule has 0 aromatic carbocycles. The topological polar surface area (TPSA) is 85.8 Å². The smallest absolute Gasteiger partial charge is 0.256 e. The quantitative estimate of drug-likeness (QED) is 0.773. The second kappa shape index (κ2) is 4.01. The number of nitrogens with two attached hydrogens (primary N) is 1. The van der Waals surface area contributed by atoms with Crippen LogP contribution < -0.4 is 11.1 Å². The Kier molecular flexibility index (Phi) is 2.55. The van der Waals surface area contributed by atoms with Gasteiger partial charge in [-0.1, -0.05) is 0 Å². The minimum absolute atomic E-state index is 0.238. The van der Waals surface area contributed by atoms with Gasteiger partial charge in [-0.2, -0.15) is 5.10 Å². The molecule has 0 saturated heterocycles. The Hall–Kier alpha value is -2.37. The number of hydrogen-bond donors (Lipinski definition) is 2. The van der Waals surface area contributed by atoms with Gasteiger partial charge in [-0.25, -0.2) is 0 Å². The van der Waals surface area contributed by atoms with Gasteiger partial charge in [0.1, 0.15) is 0 Å². The third-order valence-electron chi connectivity index (χ3n) is 2.14. The molecular weight excluding hydrogens is 206 g/mol. The van der Waals surface area contributed by atoms with Crippen LogP contribution in [-0.2, 0) is 7.05 Å². The lowest BCUT2D eigenvalue weighted by atomic mass is 10.2. The largest absolute Gasteiger partial charge is 0.394 e. The zero-order chi connectivity index (χ0) is 11.5. The molecule has 2 aromatic heterocycles. The van der Waals surface area contributed by atoms with Gasteiger partial charge >= 0.3 is 0 Å². The standard InChI is InChI=1S/C10H11N5O/c1-15-9(8(11)6-13-15)14-10(16)7-2-4-12-5-3-7/h2-6H,11H2,1H3,(H,14,16). The highest BCUT2D eigenvalue weighted by Crippen LogP contribution is 2.16. The number of nitrogens with one attached hydrogen (secondary N) is 1. The summed E-state index contributed by atoms with van der Waals surface area (Å²) in [5.41, 5.74) is 6.62. The van der Waals surface area contributed by atoms with Crippen molar-refractivity contribution in [3.8, 4) is 0 Å². The van der Waals surface area contributed by atoms with Gasteiger partial charge in [-0.05, 0) is 12.1 Å². The van der Waals surface area contributed by atoms with Crippen LogP contribution in [0.5, 0.6) is 0 Å². The maximum Gasteiger partial charge on any atom is 0.256 e. The van der Waals surface area contributed by atoms with Gasteiger partial charge in [-0.3, -0.25) is 14.5 Å². The minimum Gasteiger partial charge on any atom is -0.394 e. The lowest BCUT2D eigenvalue weighted by molar-refractivity contribution is 0.102. The highest BCUT2D eigenvalue weighted by atomic mass is 16.1. The number of nitrogens with zero attached hydrogens (tertiary/aromatic N) is 3. The molecule has 82 valence electrons. The average Bonchev–Trinajstić information content (AvgIpc) is 2.62. The lowest BCUT2D eigenvalue weighted by Gasteiger charge is -2.05. The number of carbonyl (C=O) groups excluding carboxylic acids is 1. The van der Waals surface area contributed by atoms with Crippen LogP contribution in [0.15, 0.2) is 30.7 Å². The first-order valence-corrected chi connectivity index (χ1v) is 4.67. The van der Waals surface area contributed by atoms with E-state index in [4.69, 9.17) is 5.73 Å². The molecule has 2 rings (SSSR count). The Bertz CT molecular complexity index is 486. The number of nitrogen functional groups attached to an aromatic ring is 1. The van der Waals surface area contributed by atoms with E-state index in [1.807, 2.05) is 0 Å². The van der Waals surface area contributed by atoms with Crippen molar-refractivity contribution in [2.45, 2.75) is 0 Å². The number of anilines is 2. The van der Waals surface area contributed by atoms with E-state index in [0.29, 0.717) is 17.1 Å². The fourth-order valence-electron chi connectivity index (χ4n) is 1.29. The highest BCUT2D eigenvalue weighted by molar-refractivity contribution is 6.04. The van der Waals surface area contributed by atoms with Crippen LogP contribution in [0, 0.1) is 0 Å². The van der Waals surface area contributed by atoms with Crippen molar-refractivity contribution in [3.63, 3.8) is 0 Å². The van der Waals surface area contributed by atoms with Crippen molar-refractivity contribution in [2.75, 3.05) is 11.1 Å². The summed E-state index contributed by atoms with van der Waals surface area (Å²) in [5.74, 6) is 0.250. The molecule has 0 spiro atoms. The van der Waals surface area contributed by atoms with Crippen molar-refractivity contribution < 1.29 is 4.79 Å². The summed E-state index contributed by atoms with van der Waals surface area (Å²) >= 11 is 0. The van der Waals surface area contributed by atoms with E-state index in [9.17, 15) is 4.79 Å². The Balaban J connectivity index is 2.21. The molecule has 0 aliphatic rings. The van der Waals surface area contributed by atoms with Crippen molar-refractivity contribution in [1.82, 2.24) is 14.8 Å². The highest BCUT2D eigenvalue weighted by Gasteiger charge is 2.10. The number of pyridine rings is 1. The normalized spacial score (nSPS) is 10.1. The molecule has 0 bridgehead atoms. The number of carbonyl (C=O) groups is 1. The first kappa shape index (κ1) is 10.2. The van der Waals surface area contributed by atoms with Gasteiger partial charge in [-0.15, -0.1) is 0 Å². The van der Waals surface area contributed by atoms with Gasteiger partial charge in [0.2, 0.25) is 0 Å². The molecular formula is C10H11N5O. The molecule has 6 heteroatoms. The van der Waals surface area contributed by atoms with Crippen LogP contribution in [0.2, 0.25) is 0 Å². The summed E-state index contributed by atoms with van der Waals surface area (Å²) in [6.45, 7) is 0. The molecule has 3 N–H and O–H groups in total. The SMILES string of the molecule is Cn1ncc(N)c1NC(=O)c1ccncc1. The fourth-order valence-corrected chi connectivity index (χ4v) is 1.29. The molecule has 0 aliphatic carbocycles. The van der Waals surface area contributed by atoms with E-state index in [-0.39, 0.29) is 5.91 Å². The molecule has 0 atom stereocenters. The first-order chi connectivity index (χ1) is 7.68. The summed E-state index contributed by atoms with van der Waals surface area (Å²) in [7, 11) is 1.71. The zero-order valence-corrected chi connectivity index (χ0v) is 8.71. The van der Waals surface area contributed by atoms with Crippen LogP contribution >= 0.6 is 0 Å². The zero-order valence-electron chi connectivity index (χ0n) is 8.71. The molecule has 0 fully saturated rings. The van der Waals surface area contributed by atoms with E-state index in [1.54, 1.807) is 31.6 Å². The third-order valence-corrected chi connectivity index (χ3v) is 2.14. The number of rotatable bonds is 2. The van der Waals surface area contributed by atoms with Gasteiger partial charge in [0.25, 0.3) is 5.91 Å². The Morgan fingerprint density at radius 2 is 2.12 bits per heavy atom. The van der Waals surface area contributed by atoms with Gasteiger partial charge in [0, 0.05) is 25.0 Å². The van der Waals surface area contributed by atoms with Crippen LogP contribution in [0.25, 0.3) is 0 Å². The Morgan fingerprint density at radius 3 is 2.69 bits per heavy atom. The van der Waals surface area contributed by atoms with E-state index < -0.39 is 0 Å². The third kappa shape index (κ3) is 1.85. The predicted molar refractivity (Wildman–Crippen MR) is 59.8 cm³/mol. The predicted octanol–water partition coefficient (Wildman–Crippen LogP) is 0.650. The minimum atomic E-state index is -0.238. The first-order valence-electron chi connectivity index (χ1n) is 4.67. The Labute approximate surface area is 92.1 Å². The van der Waals surface area contributed by atoms with Crippen LogP contribution in [0.1, 0.15) is 10.4 Å². The fraction of sp³-hybridized carbons (Fsp3) is 0.100. The summed E-state index contributed by atoms with van der Waals surface area (Å²) < 4.78 is 1.51. The van der Waals surface area contributed by atoms with Crippen LogP contribution in [0.4, 0.5) is 11.5 Å². The van der Waals surface area contributed by atoms with E-state index in [0.717, 1.165) is 0 Å². The second-order valence-electron chi connectivity index (χ2n) is 3.26. The molecule has 6 nitrogen and oxygen atoms in total. The summed E-state index contributed by atoms with van der Waals surface area (Å²) in [4.78, 5) is 15.6. The average molecular weight is 217 g/mol. The molecule has 0 saturated carbocycles. The maximum absolute atomic E-state index is 11.8. The number of hydrogen-bond acceptors (Lipinski definition) is 4. The van der Waals surface area contributed by atoms with Crippen molar-refractivity contribution in [3.05, 3.63) is 36.3 Å². The Morgan fingerprint density at radius 1 is 1.44 bits per heavy atom. The second-order valence-corrected chi connectivity index (χ2v) is 3.26. The summed E-state index contributed by atoms with van der Waals surface area (Å²) in [6.07, 6.45) is 4.60. The van der Waals surface area contributed by atoms with Crippen LogP contribution in [-0.4, -0.2) is 20.7 Å². The molecule has 0 unspecified atom stereocenters. The molecule has 0 aliphatic heterocycles. The summed E-state index contributed by atoms with van der Waals surface area (Å²) in [6, 6.07) is 3.25. The van der Waals surface area contributed by atoms with E-state index in [1.165, 1.54) is 10.9 Å². The monoisotopic (exact) mass is 217 g/mol. The van der Waals surface area contributed by atoms with E-state index >= 15 is 0 Å². The summed E-state index contributed by atoms with van der Waals surface area (Å²) in [5, 5.41) is 6.61. The molecule has 2 heterocycles. The van der Waals surface area contributed by atoms with Crippen LogP contribution in [0.3, 0.4) is 0 Å². The maximum atomic E-state index is 11.8. The van der Waals surface area contributed by atoms with Gasteiger partial charge in [0.15, 0.2) is 5.82 Å². The molecule has 0 radical (unpaired) electrons. The molecule has 2 aromatic rings. The van der Waals surface area contributed by atoms with Gasteiger partial charge < -0.3 is 11.1 Å². The number of amides is 1. The van der Waals surface area contributed by atoms with Crippen molar-refractivity contribution in [2.24, 2.45) is 7.05 Å². The number of aryl methyl sites for hydroxylation is 1. The molecule has 1 amide bonds. The number of aromatic nitrogens is 3. The van der Waals surface area contributed by atoms with Gasteiger partial charge in [0.05, 0.1) is 11.9 Å². The van der Waals surface area contributed by atoms with E-state index in [2.05, 4.69) is 15.4 Å². The van der Waals surface area contributed by atoms with Crippen molar-refractivity contribution in [1.29, 1.82) is 0 Å². The molecule has 16 heavy (non-hydrogen) atoms. The lowest BCUT2D eigenvalue weighted by Crippen LogP contribution is -2.15.